The van der Waals surface area contributed by atoms with Crippen LogP contribution in [0.4, 0.5) is 11.5 Å². The van der Waals surface area contributed by atoms with Gasteiger partial charge in [-0.25, -0.2) is 0 Å². The van der Waals surface area contributed by atoms with Crippen molar-refractivity contribution in [1.29, 1.82) is 0 Å². The van der Waals surface area contributed by atoms with Crippen molar-refractivity contribution in [2.24, 2.45) is 0 Å². The van der Waals surface area contributed by atoms with E-state index < -0.39 is 0 Å². The summed E-state index contributed by atoms with van der Waals surface area (Å²) in [6.07, 6.45) is 1.17. The van der Waals surface area contributed by atoms with Crippen LogP contribution in [0.5, 0.6) is 5.88 Å². The number of ether oxygens (including phenoxy) is 1. The molecule has 1 rings (SSSR count). The van der Waals surface area contributed by atoms with E-state index in [1.165, 1.54) is 6.42 Å². The van der Waals surface area contributed by atoms with E-state index in [9.17, 15) is 0 Å². The van der Waals surface area contributed by atoms with E-state index in [-0.39, 0.29) is 0 Å². The van der Waals surface area contributed by atoms with Crippen molar-refractivity contribution in [3.05, 3.63) is 12.1 Å². The average molecular weight is 252 g/mol. The molecule has 0 atom stereocenters. The second-order valence-corrected chi connectivity index (χ2v) is 4.15. The minimum absolute atomic E-state index is 0.576. The molecule has 0 saturated carbocycles. The van der Waals surface area contributed by atoms with Gasteiger partial charge in [-0.2, -0.15) is 4.98 Å². The molecule has 102 valence electrons. The summed E-state index contributed by atoms with van der Waals surface area (Å²) in [5.41, 5.74) is 6.51. The predicted octanol–water partition coefficient (Wildman–Crippen LogP) is 1.82. The maximum atomic E-state index is 5.86. The Morgan fingerprint density at radius 2 is 2.11 bits per heavy atom. The molecule has 0 aliphatic heterocycles. The Morgan fingerprint density at radius 3 is 2.72 bits per heavy atom. The van der Waals surface area contributed by atoms with Crippen LogP contribution in [0, 0.1) is 0 Å². The Labute approximate surface area is 109 Å². The molecule has 5 heteroatoms. The SMILES string of the molecule is CCCN(CC)CCNc1nc(OC)ccc1N. The van der Waals surface area contributed by atoms with E-state index in [1.54, 1.807) is 19.2 Å². The van der Waals surface area contributed by atoms with Crippen molar-refractivity contribution in [3.8, 4) is 5.88 Å². The van der Waals surface area contributed by atoms with Gasteiger partial charge in [-0.05, 0) is 25.6 Å². The fourth-order valence-corrected chi connectivity index (χ4v) is 1.78. The number of hydrogen-bond acceptors (Lipinski definition) is 5. The lowest BCUT2D eigenvalue weighted by molar-refractivity contribution is 0.300. The van der Waals surface area contributed by atoms with E-state index in [4.69, 9.17) is 10.5 Å². The van der Waals surface area contributed by atoms with Crippen molar-refractivity contribution in [2.45, 2.75) is 20.3 Å². The number of methoxy groups -OCH3 is 1. The quantitative estimate of drug-likeness (QED) is 0.739. The molecule has 3 N–H and O–H groups in total. The molecule has 1 aromatic heterocycles. The molecule has 0 spiro atoms. The van der Waals surface area contributed by atoms with E-state index >= 15 is 0 Å². The minimum Gasteiger partial charge on any atom is -0.481 e. The molecule has 0 saturated heterocycles. The van der Waals surface area contributed by atoms with Crippen LogP contribution in [0.1, 0.15) is 20.3 Å². The number of rotatable bonds is 8. The number of pyridine rings is 1. The highest BCUT2D eigenvalue weighted by Crippen LogP contribution is 2.19. The topological polar surface area (TPSA) is 63.4 Å². The first-order valence-corrected chi connectivity index (χ1v) is 6.48. The molecule has 1 heterocycles. The van der Waals surface area contributed by atoms with Gasteiger partial charge in [0.2, 0.25) is 5.88 Å². The summed E-state index contributed by atoms with van der Waals surface area (Å²) in [6, 6.07) is 3.56. The van der Waals surface area contributed by atoms with Gasteiger partial charge in [0, 0.05) is 19.2 Å². The number of nitrogens with two attached hydrogens (primary N) is 1. The number of anilines is 2. The molecule has 0 bridgehead atoms. The summed E-state index contributed by atoms with van der Waals surface area (Å²) in [6.45, 7) is 8.38. The molecule has 0 radical (unpaired) electrons. The van der Waals surface area contributed by atoms with Gasteiger partial charge in [-0.15, -0.1) is 0 Å². The summed E-state index contributed by atoms with van der Waals surface area (Å²) >= 11 is 0. The third kappa shape index (κ3) is 4.41. The maximum absolute atomic E-state index is 5.86. The van der Waals surface area contributed by atoms with Gasteiger partial charge in [0.25, 0.3) is 0 Å². The lowest BCUT2D eigenvalue weighted by Gasteiger charge is -2.20. The van der Waals surface area contributed by atoms with E-state index in [0.29, 0.717) is 17.4 Å². The number of aromatic nitrogens is 1. The third-order valence-electron chi connectivity index (χ3n) is 2.82. The third-order valence-corrected chi connectivity index (χ3v) is 2.82. The van der Waals surface area contributed by atoms with Crippen molar-refractivity contribution < 1.29 is 4.74 Å². The number of nitrogens with zero attached hydrogens (tertiary/aromatic N) is 2. The van der Waals surface area contributed by atoms with Crippen molar-refractivity contribution >= 4 is 11.5 Å². The zero-order valence-electron chi connectivity index (χ0n) is 11.6. The molecule has 0 fully saturated rings. The Hall–Kier alpha value is -1.49. The van der Waals surface area contributed by atoms with Crippen LogP contribution >= 0.6 is 0 Å². The van der Waals surface area contributed by atoms with Gasteiger partial charge in [-0.3, -0.25) is 0 Å². The Morgan fingerprint density at radius 1 is 1.33 bits per heavy atom. The molecule has 0 unspecified atom stereocenters. The molecule has 0 amide bonds. The largest absolute Gasteiger partial charge is 0.481 e. The predicted molar refractivity (Wildman–Crippen MR) is 76.1 cm³/mol. The zero-order valence-corrected chi connectivity index (χ0v) is 11.6. The summed E-state index contributed by atoms with van der Waals surface area (Å²) in [5, 5.41) is 3.25. The number of hydrogen-bond donors (Lipinski definition) is 2. The Bertz CT molecular complexity index is 357. The number of nitrogens with one attached hydrogen (secondary N) is 1. The van der Waals surface area contributed by atoms with E-state index in [2.05, 4.69) is 29.0 Å². The van der Waals surface area contributed by atoms with Crippen LogP contribution in [0.15, 0.2) is 12.1 Å². The van der Waals surface area contributed by atoms with Gasteiger partial charge < -0.3 is 20.7 Å². The summed E-state index contributed by atoms with van der Waals surface area (Å²) < 4.78 is 5.08. The Kier molecular flexibility index (Phi) is 6.28. The maximum Gasteiger partial charge on any atom is 0.215 e. The smallest absolute Gasteiger partial charge is 0.215 e. The first kappa shape index (κ1) is 14.6. The zero-order chi connectivity index (χ0) is 13.4. The van der Waals surface area contributed by atoms with Crippen LogP contribution in [0.2, 0.25) is 0 Å². The lowest BCUT2D eigenvalue weighted by atomic mass is 10.3. The van der Waals surface area contributed by atoms with Crippen LogP contribution in [0.3, 0.4) is 0 Å². The first-order valence-electron chi connectivity index (χ1n) is 6.48. The van der Waals surface area contributed by atoms with E-state index in [1.807, 2.05) is 0 Å². The van der Waals surface area contributed by atoms with Crippen molar-refractivity contribution in [3.63, 3.8) is 0 Å². The van der Waals surface area contributed by atoms with Crippen molar-refractivity contribution in [1.82, 2.24) is 9.88 Å². The molecular weight excluding hydrogens is 228 g/mol. The number of nitrogen functional groups attached to an aromatic ring is 1. The molecule has 1 aromatic rings. The molecule has 18 heavy (non-hydrogen) atoms. The van der Waals surface area contributed by atoms with Gasteiger partial charge in [-0.1, -0.05) is 13.8 Å². The normalized spacial score (nSPS) is 10.7. The first-order chi connectivity index (χ1) is 8.71. The second kappa shape index (κ2) is 7.76. The standard InChI is InChI=1S/C13H24N4O/c1-4-9-17(5-2)10-8-15-13-11(14)6-7-12(16-13)18-3/h6-7H,4-5,8-10,14H2,1-3H3,(H,15,16). The van der Waals surface area contributed by atoms with Crippen molar-refractivity contribution in [2.75, 3.05) is 44.3 Å². The fourth-order valence-electron chi connectivity index (χ4n) is 1.78. The monoisotopic (exact) mass is 252 g/mol. The second-order valence-electron chi connectivity index (χ2n) is 4.15. The van der Waals surface area contributed by atoms with E-state index in [0.717, 1.165) is 26.2 Å². The van der Waals surface area contributed by atoms with Crippen LogP contribution in [-0.4, -0.2) is 43.2 Å². The van der Waals surface area contributed by atoms with Gasteiger partial charge in [0.1, 0.15) is 0 Å². The van der Waals surface area contributed by atoms with Crippen LogP contribution < -0.4 is 15.8 Å². The van der Waals surface area contributed by atoms with Gasteiger partial charge in [0.15, 0.2) is 5.82 Å². The number of likely N-dealkylation sites (N-methyl/N-ethyl adjacent to an activating group) is 1. The summed E-state index contributed by atoms with van der Waals surface area (Å²) in [4.78, 5) is 6.67. The minimum atomic E-state index is 0.576. The molecule has 0 aliphatic carbocycles. The highest BCUT2D eigenvalue weighted by atomic mass is 16.5. The van der Waals surface area contributed by atoms with Gasteiger partial charge >= 0.3 is 0 Å². The summed E-state index contributed by atoms with van der Waals surface area (Å²) in [5.74, 6) is 1.27. The highest BCUT2D eigenvalue weighted by molar-refractivity contribution is 5.61. The highest BCUT2D eigenvalue weighted by Gasteiger charge is 2.04. The molecular formula is C13H24N4O. The Balaban J connectivity index is 2.47. The molecule has 0 aliphatic rings. The molecule has 0 aromatic carbocycles. The van der Waals surface area contributed by atoms with Crippen LogP contribution in [0.25, 0.3) is 0 Å². The lowest BCUT2D eigenvalue weighted by Crippen LogP contribution is -2.29. The molecule has 5 nitrogen and oxygen atoms in total. The van der Waals surface area contributed by atoms with Crippen LogP contribution in [-0.2, 0) is 0 Å². The fraction of sp³-hybridized carbons (Fsp3) is 0.615. The average Bonchev–Trinajstić information content (AvgIpc) is 2.39. The summed E-state index contributed by atoms with van der Waals surface area (Å²) in [7, 11) is 1.60. The van der Waals surface area contributed by atoms with Gasteiger partial charge in [0.05, 0.1) is 12.8 Å².